The van der Waals surface area contributed by atoms with Crippen LogP contribution in [-0.2, 0) is 18.4 Å². The minimum absolute atomic E-state index is 0.0580. The van der Waals surface area contributed by atoms with E-state index in [1.54, 1.807) is 11.8 Å². The maximum Gasteiger partial charge on any atom is 0.154 e. The van der Waals surface area contributed by atoms with Crippen LogP contribution in [-0.4, -0.2) is 17.5 Å². The normalized spacial score (nSPS) is 25.1. The van der Waals surface area contributed by atoms with Crippen molar-refractivity contribution >= 4 is 28.3 Å². The zero-order valence-corrected chi connectivity index (χ0v) is 15.1. The Hall–Kier alpha value is -1.46. The van der Waals surface area contributed by atoms with Crippen LogP contribution in [0.3, 0.4) is 0 Å². The van der Waals surface area contributed by atoms with E-state index >= 15 is 0 Å². The van der Waals surface area contributed by atoms with E-state index in [-0.39, 0.29) is 5.54 Å². The van der Waals surface area contributed by atoms with E-state index < -0.39 is 0 Å². The number of rotatable bonds is 1. The van der Waals surface area contributed by atoms with Crippen molar-refractivity contribution in [1.29, 1.82) is 0 Å². The molecule has 1 aromatic heterocycles. The van der Waals surface area contributed by atoms with Gasteiger partial charge in [-0.25, -0.2) is 0 Å². The lowest BCUT2D eigenvalue weighted by atomic mass is 9.78. The Labute approximate surface area is 150 Å². The molecular formula is C19H20N2OS2. The van der Waals surface area contributed by atoms with Gasteiger partial charge in [0.05, 0.1) is 12.1 Å². The number of ether oxygens (including phenoxy) is 1. The smallest absolute Gasteiger partial charge is 0.154 e. The van der Waals surface area contributed by atoms with Crippen molar-refractivity contribution in [2.75, 3.05) is 12.4 Å². The zero-order valence-electron chi connectivity index (χ0n) is 13.5. The van der Waals surface area contributed by atoms with Crippen LogP contribution in [0.15, 0.2) is 29.3 Å². The third kappa shape index (κ3) is 2.29. The molecule has 5 heteroatoms. The van der Waals surface area contributed by atoms with Crippen LogP contribution in [0.25, 0.3) is 10.4 Å². The zero-order chi connectivity index (χ0) is 16.1. The number of thioether (sulfide) groups is 1. The van der Waals surface area contributed by atoms with Gasteiger partial charge in [0.25, 0.3) is 0 Å². The van der Waals surface area contributed by atoms with Gasteiger partial charge in [-0.15, -0.1) is 11.3 Å². The molecular weight excluding hydrogens is 336 g/mol. The Bertz CT molecular complexity index is 842. The lowest BCUT2D eigenvalue weighted by Crippen LogP contribution is -2.34. The fraction of sp³-hybridized carbons (Fsp3) is 0.421. The Morgan fingerprint density at radius 3 is 3.04 bits per heavy atom. The summed E-state index contributed by atoms with van der Waals surface area (Å²) in [5.41, 5.74) is 10.1. The molecule has 1 aromatic carbocycles. The van der Waals surface area contributed by atoms with Gasteiger partial charge in [0.1, 0.15) is 5.75 Å². The van der Waals surface area contributed by atoms with E-state index in [0.29, 0.717) is 0 Å². The standard InChI is InChI=1S/C19H20N2OS2/c20-18-21-19(7-9-23-18)6-1-2-16-14(19)11-17(24-16)13-3-4-15-12(10-13)5-8-22-15/h3-4,10-11H,1-2,5-9H2,(H2,20,21). The Morgan fingerprint density at radius 1 is 1.17 bits per heavy atom. The van der Waals surface area contributed by atoms with Crippen LogP contribution in [0.5, 0.6) is 5.75 Å². The third-order valence-corrected chi connectivity index (χ3v) is 7.41. The molecule has 3 aliphatic rings. The van der Waals surface area contributed by atoms with Crippen molar-refractivity contribution in [1.82, 2.24) is 0 Å². The molecule has 3 nitrogen and oxygen atoms in total. The van der Waals surface area contributed by atoms with Crippen LogP contribution in [0.2, 0.25) is 0 Å². The van der Waals surface area contributed by atoms with Crippen molar-refractivity contribution in [2.24, 2.45) is 10.7 Å². The second-order valence-corrected chi connectivity index (χ2v) is 9.05. The summed E-state index contributed by atoms with van der Waals surface area (Å²) >= 11 is 3.64. The molecule has 1 unspecified atom stereocenters. The number of hydrogen-bond donors (Lipinski definition) is 1. The summed E-state index contributed by atoms with van der Waals surface area (Å²) in [7, 11) is 0. The first kappa shape index (κ1) is 14.8. The topological polar surface area (TPSA) is 47.6 Å². The fourth-order valence-corrected chi connectivity index (χ4v) is 6.35. The monoisotopic (exact) mass is 356 g/mol. The Balaban J connectivity index is 1.59. The molecule has 2 aliphatic heterocycles. The van der Waals surface area contributed by atoms with Gasteiger partial charge < -0.3 is 10.5 Å². The summed E-state index contributed by atoms with van der Waals surface area (Å²) in [5.74, 6) is 2.13. The molecule has 1 aliphatic carbocycles. The molecule has 1 atom stereocenters. The SMILES string of the molecule is NC1=NC2(CCCc3sc(-c4ccc5c(c4)CCO5)cc32)CCS1. The number of benzene rings is 1. The summed E-state index contributed by atoms with van der Waals surface area (Å²) in [6, 6.07) is 9.02. The predicted molar refractivity (Wildman–Crippen MR) is 102 cm³/mol. The summed E-state index contributed by atoms with van der Waals surface area (Å²) in [5, 5.41) is 0.761. The van der Waals surface area contributed by atoms with E-state index in [1.807, 2.05) is 11.3 Å². The third-order valence-electron chi connectivity index (χ3n) is 5.37. The minimum Gasteiger partial charge on any atom is -0.493 e. The molecule has 0 saturated heterocycles. The second kappa shape index (κ2) is 5.53. The summed E-state index contributed by atoms with van der Waals surface area (Å²) in [6.07, 6.45) is 5.66. The Kier molecular flexibility index (Phi) is 3.42. The highest BCUT2D eigenvalue weighted by molar-refractivity contribution is 8.13. The van der Waals surface area contributed by atoms with Crippen LogP contribution < -0.4 is 10.5 Å². The number of aliphatic imine (C=N–C) groups is 1. The number of aryl methyl sites for hydroxylation is 1. The molecule has 1 spiro atoms. The van der Waals surface area contributed by atoms with Gasteiger partial charge in [-0.2, -0.15) is 0 Å². The first-order valence-corrected chi connectivity index (χ1v) is 10.4. The molecule has 0 amide bonds. The molecule has 5 rings (SSSR count). The number of amidine groups is 1. The van der Waals surface area contributed by atoms with Crippen LogP contribution in [0.4, 0.5) is 0 Å². The summed E-state index contributed by atoms with van der Waals surface area (Å²) in [4.78, 5) is 7.80. The molecule has 0 bridgehead atoms. The summed E-state index contributed by atoms with van der Waals surface area (Å²) in [6.45, 7) is 0.814. The number of thiophene rings is 1. The van der Waals surface area contributed by atoms with E-state index in [4.69, 9.17) is 15.5 Å². The molecule has 124 valence electrons. The quantitative estimate of drug-likeness (QED) is 0.827. The van der Waals surface area contributed by atoms with Crippen LogP contribution in [0, 0.1) is 0 Å². The average molecular weight is 357 g/mol. The van der Waals surface area contributed by atoms with Crippen LogP contribution >= 0.6 is 23.1 Å². The highest BCUT2D eigenvalue weighted by atomic mass is 32.2. The molecule has 24 heavy (non-hydrogen) atoms. The maximum atomic E-state index is 6.08. The van der Waals surface area contributed by atoms with Crippen molar-refractivity contribution in [3.63, 3.8) is 0 Å². The molecule has 2 N–H and O–H groups in total. The van der Waals surface area contributed by atoms with Gasteiger partial charge in [-0.05, 0) is 66.6 Å². The predicted octanol–water partition coefficient (Wildman–Crippen LogP) is 4.33. The Morgan fingerprint density at radius 2 is 2.12 bits per heavy atom. The molecule has 2 aromatic rings. The summed E-state index contributed by atoms with van der Waals surface area (Å²) < 4.78 is 5.64. The first-order chi connectivity index (χ1) is 11.7. The molecule has 0 saturated carbocycles. The minimum atomic E-state index is -0.0580. The van der Waals surface area contributed by atoms with Crippen molar-refractivity contribution < 1.29 is 4.74 Å². The van der Waals surface area contributed by atoms with Gasteiger partial charge >= 0.3 is 0 Å². The van der Waals surface area contributed by atoms with E-state index in [1.165, 1.54) is 39.3 Å². The van der Waals surface area contributed by atoms with Gasteiger partial charge in [-0.3, -0.25) is 4.99 Å². The number of nitrogens with zero attached hydrogens (tertiary/aromatic N) is 1. The van der Waals surface area contributed by atoms with E-state index in [2.05, 4.69) is 24.3 Å². The molecule has 0 fully saturated rings. The maximum absolute atomic E-state index is 6.08. The van der Waals surface area contributed by atoms with Gasteiger partial charge in [0.2, 0.25) is 0 Å². The largest absolute Gasteiger partial charge is 0.493 e. The van der Waals surface area contributed by atoms with Gasteiger partial charge in [-0.1, -0.05) is 11.8 Å². The van der Waals surface area contributed by atoms with Crippen molar-refractivity contribution in [3.05, 3.63) is 40.3 Å². The lowest BCUT2D eigenvalue weighted by molar-refractivity contribution is 0.357. The highest BCUT2D eigenvalue weighted by Crippen LogP contribution is 2.49. The van der Waals surface area contributed by atoms with Crippen molar-refractivity contribution in [3.8, 4) is 16.2 Å². The number of fused-ring (bicyclic) bond motifs is 3. The number of hydrogen-bond acceptors (Lipinski definition) is 5. The average Bonchev–Trinajstić information content (AvgIpc) is 3.21. The fourth-order valence-electron chi connectivity index (χ4n) is 4.17. The van der Waals surface area contributed by atoms with Gasteiger partial charge in [0.15, 0.2) is 5.17 Å². The van der Waals surface area contributed by atoms with Gasteiger partial charge in [0, 0.05) is 21.9 Å². The van der Waals surface area contributed by atoms with Crippen molar-refractivity contribution in [2.45, 2.75) is 37.6 Å². The first-order valence-electron chi connectivity index (χ1n) is 8.61. The lowest BCUT2D eigenvalue weighted by Gasteiger charge is -2.36. The van der Waals surface area contributed by atoms with Crippen LogP contribution in [0.1, 0.15) is 35.3 Å². The molecule has 0 radical (unpaired) electrons. The highest BCUT2D eigenvalue weighted by Gasteiger charge is 2.39. The van der Waals surface area contributed by atoms with E-state index in [0.717, 1.165) is 42.5 Å². The molecule has 3 heterocycles. The van der Waals surface area contributed by atoms with E-state index in [9.17, 15) is 0 Å². The number of nitrogens with two attached hydrogens (primary N) is 1. The second-order valence-electron chi connectivity index (χ2n) is 6.80.